The SMILES string of the molecule is COc1ccc(COc2cc3ncn(CC45CCN(CC4)CC5)c(=O)c3c(Cl)c2OCc2ccc(OC)cc2)cc1. The van der Waals surface area contributed by atoms with Gasteiger partial charge in [-0.05, 0) is 79.7 Å². The van der Waals surface area contributed by atoms with Gasteiger partial charge in [-0.1, -0.05) is 35.9 Å². The number of hydrogen-bond acceptors (Lipinski definition) is 7. The maximum absolute atomic E-state index is 13.8. The van der Waals surface area contributed by atoms with Crippen molar-refractivity contribution in [3.63, 3.8) is 0 Å². The van der Waals surface area contributed by atoms with Gasteiger partial charge in [0.2, 0.25) is 0 Å². The van der Waals surface area contributed by atoms with Gasteiger partial charge in [-0.15, -0.1) is 0 Å². The Labute approximate surface area is 244 Å². The number of hydrogen-bond donors (Lipinski definition) is 0. The number of nitrogens with zero attached hydrogens (tertiary/aromatic N) is 3. The molecule has 41 heavy (non-hydrogen) atoms. The summed E-state index contributed by atoms with van der Waals surface area (Å²) in [4.78, 5) is 21.0. The van der Waals surface area contributed by atoms with E-state index < -0.39 is 0 Å². The molecule has 3 aliphatic heterocycles. The summed E-state index contributed by atoms with van der Waals surface area (Å²) in [5.74, 6) is 2.28. The second-order valence-corrected chi connectivity index (χ2v) is 11.3. The average molecular weight is 576 g/mol. The topological polar surface area (TPSA) is 75.1 Å². The van der Waals surface area contributed by atoms with E-state index in [9.17, 15) is 4.79 Å². The lowest BCUT2D eigenvalue weighted by Gasteiger charge is -2.48. The molecule has 3 aromatic carbocycles. The smallest absolute Gasteiger partial charge is 0.262 e. The molecule has 0 N–H and O–H groups in total. The van der Waals surface area contributed by atoms with Crippen LogP contribution < -0.4 is 24.5 Å². The van der Waals surface area contributed by atoms with Crippen LogP contribution in [0, 0.1) is 5.41 Å². The van der Waals surface area contributed by atoms with Crippen LogP contribution in [0.2, 0.25) is 5.02 Å². The first-order valence-electron chi connectivity index (χ1n) is 13.9. The second kappa shape index (κ2) is 11.6. The van der Waals surface area contributed by atoms with Crippen LogP contribution in [0.3, 0.4) is 0 Å². The predicted molar refractivity (Wildman–Crippen MR) is 158 cm³/mol. The van der Waals surface area contributed by atoms with Gasteiger partial charge in [-0.2, -0.15) is 0 Å². The Kier molecular flexibility index (Phi) is 7.77. The van der Waals surface area contributed by atoms with E-state index in [1.54, 1.807) is 31.2 Å². The molecule has 214 valence electrons. The zero-order valence-electron chi connectivity index (χ0n) is 23.4. The lowest BCUT2D eigenvalue weighted by Crippen LogP contribution is -2.50. The van der Waals surface area contributed by atoms with E-state index in [2.05, 4.69) is 9.88 Å². The number of methoxy groups -OCH3 is 2. The molecule has 0 unspecified atom stereocenters. The Hall–Kier alpha value is -3.75. The minimum atomic E-state index is -0.154. The van der Waals surface area contributed by atoms with E-state index in [1.807, 2.05) is 48.5 Å². The molecular formula is C32H34ClN3O5. The zero-order chi connectivity index (χ0) is 28.4. The van der Waals surface area contributed by atoms with Crippen molar-refractivity contribution >= 4 is 22.5 Å². The summed E-state index contributed by atoms with van der Waals surface area (Å²) < 4.78 is 24.7. The third-order valence-corrected chi connectivity index (χ3v) is 8.81. The van der Waals surface area contributed by atoms with Crippen LogP contribution >= 0.6 is 11.6 Å². The Balaban J connectivity index is 1.33. The van der Waals surface area contributed by atoms with Gasteiger partial charge in [0.15, 0.2) is 11.5 Å². The fourth-order valence-corrected chi connectivity index (χ4v) is 6.16. The van der Waals surface area contributed by atoms with Crippen molar-refractivity contribution in [3.05, 3.63) is 87.4 Å². The summed E-state index contributed by atoms with van der Waals surface area (Å²) in [6.45, 7) is 4.44. The van der Waals surface area contributed by atoms with Crippen LogP contribution in [0.1, 0.15) is 30.4 Å². The first-order chi connectivity index (χ1) is 20.0. The fraction of sp³-hybridized carbons (Fsp3) is 0.375. The molecule has 0 saturated carbocycles. The molecule has 2 bridgehead atoms. The van der Waals surface area contributed by atoms with Crippen LogP contribution in [0.5, 0.6) is 23.0 Å². The van der Waals surface area contributed by atoms with Crippen molar-refractivity contribution in [2.75, 3.05) is 33.9 Å². The zero-order valence-corrected chi connectivity index (χ0v) is 24.2. The number of rotatable bonds is 10. The molecule has 1 aromatic heterocycles. The maximum Gasteiger partial charge on any atom is 0.262 e. The average Bonchev–Trinajstić information content (AvgIpc) is 3.02. The van der Waals surface area contributed by atoms with Crippen molar-refractivity contribution in [3.8, 4) is 23.0 Å². The maximum atomic E-state index is 13.8. The summed E-state index contributed by atoms with van der Waals surface area (Å²) in [6.07, 6.45) is 4.95. The predicted octanol–water partition coefficient (Wildman–Crippen LogP) is 5.71. The third kappa shape index (κ3) is 5.72. The molecule has 7 rings (SSSR count). The van der Waals surface area contributed by atoms with Gasteiger partial charge in [0.25, 0.3) is 5.56 Å². The Morgan fingerprint density at radius 3 is 1.98 bits per heavy atom. The monoisotopic (exact) mass is 575 g/mol. The molecule has 0 aliphatic carbocycles. The van der Waals surface area contributed by atoms with Crippen molar-refractivity contribution < 1.29 is 18.9 Å². The first kappa shape index (κ1) is 27.4. The van der Waals surface area contributed by atoms with Crippen LogP contribution in [0.25, 0.3) is 10.9 Å². The number of aromatic nitrogens is 2. The van der Waals surface area contributed by atoms with Gasteiger partial charge >= 0.3 is 0 Å². The lowest BCUT2D eigenvalue weighted by molar-refractivity contribution is 0.0126. The lowest BCUT2D eigenvalue weighted by atomic mass is 9.72. The molecular weight excluding hydrogens is 542 g/mol. The summed E-state index contributed by atoms with van der Waals surface area (Å²) in [7, 11) is 3.26. The van der Waals surface area contributed by atoms with Crippen LogP contribution in [-0.2, 0) is 19.8 Å². The summed E-state index contributed by atoms with van der Waals surface area (Å²) in [5, 5.41) is 0.559. The Morgan fingerprint density at radius 1 is 0.854 bits per heavy atom. The van der Waals surface area contributed by atoms with Gasteiger partial charge in [0.1, 0.15) is 29.7 Å². The van der Waals surface area contributed by atoms with Gasteiger partial charge in [0, 0.05) is 12.6 Å². The standard InChI is InChI=1S/C32H34ClN3O5/c1-38-24-7-3-22(4-8-24)18-40-27-17-26-28(29(33)30(27)41-19-23-5-9-25(39-2)10-6-23)31(37)36(21-34-26)20-32-11-14-35(15-12-32)16-13-32/h3-10,17,21H,11-16,18-20H2,1-2H3. The van der Waals surface area contributed by atoms with Gasteiger partial charge in [0.05, 0.1) is 31.4 Å². The molecule has 4 heterocycles. The van der Waals surface area contributed by atoms with Crippen LogP contribution in [0.15, 0.2) is 65.7 Å². The van der Waals surface area contributed by atoms with Gasteiger partial charge < -0.3 is 23.8 Å². The number of halogens is 1. The molecule has 0 amide bonds. The van der Waals surface area contributed by atoms with Gasteiger partial charge in [-0.3, -0.25) is 9.36 Å². The highest BCUT2D eigenvalue weighted by molar-refractivity contribution is 6.37. The second-order valence-electron chi connectivity index (χ2n) is 11.0. The van der Waals surface area contributed by atoms with E-state index in [0.717, 1.165) is 61.5 Å². The summed E-state index contributed by atoms with van der Waals surface area (Å²) >= 11 is 6.98. The Bertz CT molecular complexity index is 1560. The molecule has 0 atom stereocenters. The minimum Gasteiger partial charge on any atom is -0.497 e. The number of benzene rings is 3. The normalized spacial score (nSPS) is 19.7. The minimum absolute atomic E-state index is 0.134. The number of piperidine rings is 3. The van der Waals surface area contributed by atoms with E-state index in [-0.39, 0.29) is 29.2 Å². The van der Waals surface area contributed by atoms with Crippen LogP contribution in [0.4, 0.5) is 0 Å². The van der Waals surface area contributed by atoms with Crippen molar-refractivity contribution in [2.45, 2.75) is 39.0 Å². The van der Waals surface area contributed by atoms with E-state index in [4.69, 9.17) is 30.5 Å². The highest BCUT2D eigenvalue weighted by atomic mass is 35.5. The van der Waals surface area contributed by atoms with E-state index in [1.165, 1.54) is 0 Å². The van der Waals surface area contributed by atoms with Crippen molar-refractivity contribution in [1.82, 2.24) is 14.5 Å². The third-order valence-electron chi connectivity index (χ3n) is 8.45. The van der Waals surface area contributed by atoms with E-state index in [0.29, 0.717) is 28.9 Å². The largest absolute Gasteiger partial charge is 0.497 e. The number of fused-ring (bicyclic) bond motifs is 4. The Morgan fingerprint density at radius 2 is 1.41 bits per heavy atom. The molecule has 3 fully saturated rings. The van der Waals surface area contributed by atoms with Gasteiger partial charge in [-0.25, -0.2) is 4.98 Å². The van der Waals surface area contributed by atoms with Crippen molar-refractivity contribution in [2.24, 2.45) is 5.41 Å². The van der Waals surface area contributed by atoms with Crippen molar-refractivity contribution in [1.29, 1.82) is 0 Å². The highest BCUT2D eigenvalue weighted by Gasteiger charge is 2.39. The summed E-state index contributed by atoms with van der Waals surface area (Å²) in [6, 6.07) is 17.0. The van der Waals surface area contributed by atoms with Crippen LogP contribution in [-0.4, -0.2) is 48.3 Å². The molecule has 3 saturated heterocycles. The highest BCUT2D eigenvalue weighted by Crippen LogP contribution is 2.43. The quantitative estimate of drug-likeness (QED) is 0.240. The molecule has 0 radical (unpaired) electrons. The molecule has 9 heteroatoms. The first-order valence-corrected chi connectivity index (χ1v) is 14.3. The molecule has 4 aromatic rings. The summed E-state index contributed by atoms with van der Waals surface area (Å²) in [5.41, 5.74) is 2.33. The molecule has 8 nitrogen and oxygen atoms in total. The molecule has 3 aliphatic rings. The van der Waals surface area contributed by atoms with E-state index >= 15 is 0 Å². The fourth-order valence-electron chi connectivity index (χ4n) is 5.84. The molecule has 0 spiro atoms. The number of ether oxygens (including phenoxy) is 4.